The largest absolute Gasteiger partial charge is 0.481 e. The number of fused-ring (bicyclic) bond motifs is 1. The van der Waals surface area contributed by atoms with Crippen molar-refractivity contribution >= 4 is 44.4 Å². The zero-order chi connectivity index (χ0) is 22.3. The van der Waals surface area contributed by atoms with Crippen LogP contribution in [0.25, 0.3) is 11.2 Å². The van der Waals surface area contributed by atoms with Crippen molar-refractivity contribution in [2.75, 3.05) is 18.1 Å². The van der Waals surface area contributed by atoms with Gasteiger partial charge in [0.2, 0.25) is 0 Å². The van der Waals surface area contributed by atoms with Gasteiger partial charge < -0.3 is 35.4 Å². The van der Waals surface area contributed by atoms with E-state index in [9.17, 15) is 24.2 Å². The molecule has 0 aliphatic carbocycles. The molecule has 2 aromatic heterocycles. The first kappa shape index (κ1) is 23.5. The average molecular weight is 487 g/mol. The van der Waals surface area contributed by atoms with E-state index in [1.807, 2.05) is 6.92 Å². The molecule has 0 bridgehead atoms. The molecule has 18 heteroatoms. The molecule has 0 radical (unpaired) electrons. The van der Waals surface area contributed by atoms with Crippen LogP contribution in [0.3, 0.4) is 0 Å². The number of imidazole rings is 1. The van der Waals surface area contributed by atoms with E-state index in [1.165, 1.54) is 22.7 Å². The van der Waals surface area contributed by atoms with Gasteiger partial charge in [0, 0.05) is 0 Å². The Labute approximate surface area is 173 Å². The lowest BCUT2D eigenvalue weighted by atomic mass is 10.1. The van der Waals surface area contributed by atoms with Crippen LogP contribution in [0.1, 0.15) is 13.2 Å². The minimum absolute atomic E-state index is 0.0976. The highest BCUT2D eigenvalue weighted by Gasteiger charge is 2.46. The number of thioether (sulfide) groups is 1. The third-order valence-electron chi connectivity index (χ3n) is 3.95. The predicted octanol–water partition coefficient (Wildman–Crippen LogP) is -0.634. The van der Waals surface area contributed by atoms with Crippen LogP contribution in [0, 0.1) is 0 Å². The Hall–Kier alpha value is -1.16. The lowest BCUT2D eigenvalue weighted by Crippen LogP contribution is -2.33. The molecule has 5 atom stereocenters. The normalized spacial score (nSPS) is 26.9. The Balaban J connectivity index is 1.85. The molecule has 3 heterocycles. The fraction of sp³-hybridized carbons (Fsp3) is 0.583. The van der Waals surface area contributed by atoms with Crippen LogP contribution in [0.4, 0.5) is 5.82 Å². The van der Waals surface area contributed by atoms with Gasteiger partial charge in [-0.2, -0.15) is 4.31 Å². The standard InChI is InChI=1S/C12H19N5O10P2S/c1-2-30-12-16-6-9(13)14-4-15-10(6)17(12)11-8(19)7(18)5(26-11)3-25-29(23,24)27-28(20,21)22/h4-5,7-8,11,18-19H,2-3H2,1H3,(H,23,24)(H2,13,14,15)(H2,20,21,22)/t5-,7-,8-,11?/m1/s1. The van der Waals surface area contributed by atoms with Crippen LogP contribution in [-0.4, -0.2) is 75.1 Å². The number of nitrogens with zero attached hydrogens (tertiary/aromatic N) is 4. The summed E-state index contributed by atoms with van der Waals surface area (Å²) >= 11 is 1.29. The summed E-state index contributed by atoms with van der Waals surface area (Å²) in [5, 5.41) is 21.1. The maximum atomic E-state index is 11.6. The molecule has 1 aliphatic heterocycles. The molecule has 30 heavy (non-hydrogen) atoms. The monoisotopic (exact) mass is 487 g/mol. The van der Waals surface area contributed by atoms with E-state index in [4.69, 9.17) is 20.3 Å². The molecule has 168 valence electrons. The van der Waals surface area contributed by atoms with E-state index < -0.39 is 46.8 Å². The zero-order valence-corrected chi connectivity index (χ0v) is 17.9. The summed E-state index contributed by atoms with van der Waals surface area (Å²) in [7, 11) is -10.5. The van der Waals surface area contributed by atoms with Crippen LogP contribution in [0.15, 0.2) is 11.5 Å². The Morgan fingerprint density at radius 1 is 1.27 bits per heavy atom. The number of aliphatic hydroxyl groups is 2. The van der Waals surface area contributed by atoms with Crippen LogP contribution < -0.4 is 5.73 Å². The van der Waals surface area contributed by atoms with E-state index in [0.717, 1.165) is 0 Å². The molecule has 0 aromatic carbocycles. The van der Waals surface area contributed by atoms with Gasteiger partial charge in [-0.15, -0.1) is 0 Å². The molecule has 3 rings (SSSR count). The van der Waals surface area contributed by atoms with Gasteiger partial charge in [0.25, 0.3) is 0 Å². The number of hydrogen-bond acceptors (Lipinski definition) is 12. The van der Waals surface area contributed by atoms with E-state index in [2.05, 4.69) is 23.8 Å². The summed E-state index contributed by atoms with van der Waals surface area (Å²) in [5.41, 5.74) is 6.31. The summed E-state index contributed by atoms with van der Waals surface area (Å²) in [4.78, 5) is 38.9. The number of hydrogen-bond donors (Lipinski definition) is 6. The average Bonchev–Trinajstić information content (AvgIpc) is 3.11. The number of rotatable bonds is 8. The van der Waals surface area contributed by atoms with Crippen molar-refractivity contribution in [3.63, 3.8) is 0 Å². The highest BCUT2D eigenvalue weighted by Crippen LogP contribution is 2.57. The second-order valence-corrected chi connectivity index (χ2v) is 10.1. The summed E-state index contributed by atoms with van der Waals surface area (Å²) in [6.07, 6.45) is -4.48. The van der Waals surface area contributed by atoms with Crippen LogP contribution in [-0.2, 0) is 22.7 Å². The molecular formula is C12H19N5O10P2S. The molecule has 1 saturated heterocycles. The van der Waals surface area contributed by atoms with E-state index >= 15 is 0 Å². The van der Waals surface area contributed by atoms with E-state index in [0.29, 0.717) is 10.9 Å². The highest BCUT2D eigenvalue weighted by molar-refractivity contribution is 7.99. The Morgan fingerprint density at radius 3 is 2.60 bits per heavy atom. The van der Waals surface area contributed by atoms with Gasteiger partial charge >= 0.3 is 15.6 Å². The minimum atomic E-state index is -5.31. The Bertz CT molecular complexity index is 1020. The molecule has 7 N–H and O–H groups in total. The number of nitrogen functional groups attached to an aromatic ring is 1. The van der Waals surface area contributed by atoms with Gasteiger partial charge in [-0.3, -0.25) is 9.09 Å². The van der Waals surface area contributed by atoms with Crippen molar-refractivity contribution in [3.05, 3.63) is 6.33 Å². The molecular weight excluding hydrogens is 468 g/mol. The number of nitrogens with two attached hydrogens (primary N) is 1. The number of aromatic nitrogens is 4. The molecule has 0 saturated carbocycles. The van der Waals surface area contributed by atoms with E-state index in [-0.39, 0.29) is 17.0 Å². The topological polar surface area (TPSA) is 233 Å². The molecule has 15 nitrogen and oxygen atoms in total. The predicted molar refractivity (Wildman–Crippen MR) is 101 cm³/mol. The molecule has 2 unspecified atom stereocenters. The van der Waals surface area contributed by atoms with Crippen LogP contribution in [0.5, 0.6) is 0 Å². The molecule has 1 aliphatic rings. The highest BCUT2D eigenvalue weighted by atomic mass is 32.2. The van der Waals surface area contributed by atoms with Gasteiger partial charge in [-0.05, 0) is 5.75 Å². The lowest BCUT2D eigenvalue weighted by Gasteiger charge is -2.19. The van der Waals surface area contributed by atoms with Crippen LogP contribution >= 0.6 is 27.4 Å². The fourth-order valence-electron chi connectivity index (χ4n) is 2.77. The van der Waals surface area contributed by atoms with Gasteiger partial charge in [-0.25, -0.2) is 24.1 Å². The van der Waals surface area contributed by atoms with Gasteiger partial charge in [-0.1, -0.05) is 18.7 Å². The van der Waals surface area contributed by atoms with Gasteiger partial charge in [0.15, 0.2) is 28.4 Å². The first-order chi connectivity index (χ1) is 13.9. The molecule has 2 aromatic rings. The van der Waals surface area contributed by atoms with E-state index in [1.54, 1.807) is 0 Å². The molecule has 0 spiro atoms. The van der Waals surface area contributed by atoms with Crippen molar-refractivity contribution in [3.8, 4) is 0 Å². The zero-order valence-electron chi connectivity index (χ0n) is 15.2. The van der Waals surface area contributed by atoms with Gasteiger partial charge in [0.1, 0.15) is 24.6 Å². The number of aliphatic hydroxyl groups excluding tert-OH is 2. The van der Waals surface area contributed by atoms with Crippen molar-refractivity contribution in [1.82, 2.24) is 19.5 Å². The Morgan fingerprint density at radius 2 is 1.97 bits per heavy atom. The molecule has 0 amide bonds. The second-order valence-electron chi connectivity index (χ2n) is 6.01. The SMILES string of the molecule is CCSc1nc2c(N)ncnc2n1C1O[C@H](COP(=O)(O)OP(=O)(O)O)[C@@H](O)[C@H]1O. The lowest BCUT2D eigenvalue weighted by molar-refractivity contribution is -0.0540. The number of phosphoric ester groups is 1. The first-order valence-electron chi connectivity index (χ1n) is 8.30. The number of phosphoric acid groups is 2. The van der Waals surface area contributed by atoms with Crippen molar-refractivity contribution < 1.29 is 47.6 Å². The van der Waals surface area contributed by atoms with Crippen LogP contribution in [0.2, 0.25) is 0 Å². The number of anilines is 1. The van der Waals surface area contributed by atoms with Crippen molar-refractivity contribution in [2.45, 2.75) is 36.6 Å². The second kappa shape index (κ2) is 8.76. The van der Waals surface area contributed by atoms with Gasteiger partial charge in [0.05, 0.1) is 6.61 Å². The minimum Gasteiger partial charge on any atom is -0.387 e. The third kappa shape index (κ3) is 5.00. The van der Waals surface area contributed by atoms with Crippen molar-refractivity contribution in [2.24, 2.45) is 0 Å². The summed E-state index contributed by atoms with van der Waals surface area (Å²) < 4.78 is 37.5. The number of ether oxygens (including phenoxy) is 1. The van der Waals surface area contributed by atoms with Crippen molar-refractivity contribution in [1.29, 1.82) is 0 Å². The maximum Gasteiger partial charge on any atom is 0.481 e. The smallest absolute Gasteiger partial charge is 0.387 e. The summed E-state index contributed by atoms with van der Waals surface area (Å²) in [5.74, 6) is 0.697. The summed E-state index contributed by atoms with van der Waals surface area (Å²) in [6, 6.07) is 0. The maximum absolute atomic E-state index is 11.6. The summed E-state index contributed by atoms with van der Waals surface area (Å²) in [6.45, 7) is 1.04. The third-order valence-corrected chi connectivity index (χ3v) is 6.94. The Kier molecular flexibility index (Phi) is 6.86. The first-order valence-corrected chi connectivity index (χ1v) is 12.3. The quantitative estimate of drug-likeness (QED) is 0.201. The molecule has 1 fully saturated rings. The fourth-order valence-corrected chi connectivity index (χ4v) is 5.11.